The number of nitrogens with one attached hydrogen (secondary N) is 1. The largest absolute Gasteiger partial charge is 0.481 e. The van der Waals surface area contributed by atoms with Gasteiger partial charge in [-0.3, -0.25) is 4.79 Å². The predicted octanol–water partition coefficient (Wildman–Crippen LogP) is 0.184. The highest BCUT2D eigenvalue weighted by atomic mass is 32.2. The Labute approximate surface area is 89.9 Å². The number of sulfonamides is 1. The molecule has 0 spiro atoms. The standard InChI is InChI=1S/C9H15NO4S/c1-2-3-4-7-10-15(13,14)8-5-6-9(11)12/h10H,4-8H2,1H3,(H,11,12). The van der Waals surface area contributed by atoms with Gasteiger partial charge in [-0.2, -0.15) is 0 Å². The Bertz CT molecular complexity index is 350. The van der Waals surface area contributed by atoms with E-state index in [1.54, 1.807) is 6.92 Å². The van der Waals surface area contributed by atoms with Crippen LogP contribution in [0, 0.1) is 11.8 Å². The second kappa shape index (κ2) is 7.26. The first-order valence-corrected chi connectivity index (χ1v) is 6.22. The topological polar surface area (TPSA) is 83.5 Å². The molecular formula is C9H15NO4S. The van der Waals surface area contributed by atoms with Gasteiger partial charge < -0.3 is 5.11 Å². The van der Waals surface area contributed by atoms with Crippen LogP contribution in [-0.4, -0.2) is 31.8 Å². The summed E-state index contributed by atoms with van der Waals surface area (Å²) in [4.78, 5) is 10.2. The molecule has 0 fully saturated rings. The molecule has 0 saturated carbocycles. The van der Waals surface area contributed by atoms with Gasteiger partial charge in [-0.25, -0.2) is 13.1 Å². The fourth-order valence-electron chi connectivity index (χ4n) is 0.880. The van der Waals surface area contributed by atoms with Crippen LogP contribution in [0.4, 0.5) is 0 Å². The maximum atomic E-state index is 11.2. The monoisotopic (exact) mass is 233 g/mol. The van der Waals surface area contributed by atoms with E-state index in [0.29, 0.717) is 6.42 Å². The molecule has 0 amide bonds. The van der Waals surface area contributed by atoms with Crippen molar-refractivity contribution in [1.82, 2.24) is 4.72 Å². The lowest BCUT2D eigenvalue weighted by Gasteiger charge is -2.03. The predicted molar refractivity (Wildman–Crippen MR) is 56.7 cm³/mol. The van der Waals surface area contributed by atoms with Crippen molar-refractivity contribution in [1.29, 1.82) is 0 Å². The lowest BCUT2D eigenvalue weighted by Crippen LogP contribution is -2.27. The van der Waals surface area contributed by atoms with Crippen molar-refractivity contribution in [2.45, 2.75) is 26.2 Å². The fourth-order valence-corrected chi connectivity index (χ4v) is 1.96. The van der Waals surface area contributed by atoms with E-state index in [-0.39, 0.29) is 25.1 Å². The van der Waals surface area contributed by atoms with Gasteiger partial charge in [0.15, 0.2) is 0 Å². The second-order valence-electron chi connectivity index (χ2n) is 2.89. The molecule has 0 heterocycles. The minimum atomic E-state index is -3.34. The van der Waals surface area contributed by atoms with Gasteiger partial charge in [0.25, 0.3) is 0 Å². The summed E-state index contributed by atoms with van der Waals surface area (Å²) in [5.74, 6) is 4.24. The van der Waals surface area contributed by atoms with E-state index in [4.69, 9.17) is 5.11 Å². The van der Waals surface area contributed by atoms with Crippen LogP contribution < -0.4 is 4.72 Å². The van der Waals surface area contributed by atoms with E-state index >= 15 is 0 Å². The van der Waals surface area contributed by atoms with Crippen LogP contribution >= 0.6 is 0 Å². The molecule has 0 saturated heterocycles. The number of rotatable bonds is 7. The Kier molecular flexibility index (Phi) is 6.75. The number of carboxylic acids is 1. The quantitative estimate of drug-likeness (QED) is 0.485. The zero-order valence-electron chi connectivity index (χ0n) is 8.62. The molecule has 5 nitrogen and oxygen atoms in total. The van der Waals surface area contributed by atoms with Crippen molar-refractivity contribution in [2.24, 2.45) is 0 Å². The third-order valence-corrected chi connectivity index (χ3v) is 3.02. The summed E-state index contributed by atoms with van der Waals surface area (Å²) in [5.41, 5.74) is 0. The molecule has 15 heavy (non-hydrogen) atoms. The van der Waals surface area contributed by atoms with Gasteiger partial charge in [0.2, 0.25) is 10.0 Å². The molecule has 0 rings (SSSR count). The number of carboxylic acid groups (broad SMARTS) is 1. The second-order valence-corrected chi connectivity index (χ2v) is 4.81. The Balaban J connectivity index is 3.76. The Morgan fingerprint density at radius 2 is 2.13 bits per heavy atom. The number of hydrogen-bond donors (Lipinski definition) is 2. The fraction of sp³-hybridized carbons (Fsp3) is 0.667. The van der Waals surface area contributed by atoms with E-state index < -0.39 is 16.0 Å². The average Bonchev–Trinajstić information content (AvgIpc) is 2.11. The minimum Gasteiger partial charge on any atom is -0.481 e. The van der Waals surface area contributed by atoms with Crippen molar-refractivity contribution < 1.29 is 18.3 Å². The summed E-state index contributed by atoms with van der Waals surface area (Å²) >= 11 is 0. The summed E-state index contributed by atoms with van der Waals surface area (Å²) < 4.78 is 24.8. The average molecular weight is 233 g/mol. The van der Waals surface area contributed by atoms with E-state index in [1.807, 2.05) is 0 Å². The molecule has 0 bridgehead atoms. The molecule has 2 N–H and O–H groups in total. The molecule has 6 heteroatoms. The van der Waals surface area contributed by atoms with Crippen molar-refractivity contribution in [3.8, 4) is 11.8 Å². The zero-order valence-corrected chi connectivity index (χ0v) is 9.43. The van der Waals surface area contributed by atoms with Crippen LogP contribution in [0.3, 0.4) is 0 Å². The first-order chi connectivity index (χ1) is 6.98. The van der Waals surface area contributed by atoms with Gasteiger partial charge in [0.05, 0.1) is 5.75 Å². The number of hydrogen-bond acceptors (Lipinski definition) is 3. The SMILES string of the molecule is CC#CCCNS(=O)(=O)CCCC(=O)O. The molecule has 0 atom stereocenters. The molecule has 86 valence electrons. The summed E-state index contributed by atoms with van der Waals surface area (Å²) in [6.07, 6.45) is 0.467. The maximum Gasteiger partial charge on any atom is 0.303 e. The molecule has 0 radical (unpaired) electrons. The molecule has 0 aromatic heterocycles. The first kappa shape index (κ1) is 13.9. The van der Waals surface area contributed by atoms with Gasteiger partial charge in [-0.1, -0.05) is 0 Å². The Morgan fingerprint density at radius 1 is 1.47 bits per heavy atom. The van der Waals surface area contributed by atoms with Gasteiger partial charge >= 0.3 is 5.97 Å². The highest BCUT2D eigenvalue weighted by Crippen LogP contribution is 1.94. The number of aliphatic carboxylic acids is 1. The van der Waals surface area contributed by atoms with Crippen LogP contribution in [0.5, 0.6) is 0 Å². The normalized spacial score (nSPS) is 10.5. The number of carbonyl (C=O) groups is 1. The van der Waals surface area contributed by atoms with E-state index in [2.05, 4.69) is 16.6 Å². The summed E-state index contributed by atoms with van der Waals surface area (Å²) in [6, 6.07) is 0. The zero-order chi connectivity index (χ0) is 11.7. The molecule has 0 aliphatic heterocycles. The van der Waals surface area contributed by atoms with Gasteiger partial charge in [0, 0.05) is 19.4 Å². The molecule has 0 unspecified atom stereocenters. The van der Waals surface area contributed by atoms with Crippen LogP contribution in [0.1, 0.15) is 26.2 Å². The summed E-state index contributed by atoms with van der Waals surface area (Å²) in [6.45, 7) is 1.96. The third-order valence-electron chi connectivity index (χ3n) is 1.55. The molecule has 0 aromatic carbocycles. The maximum absolute atomic E-state index is 11.2. The van der Waals surface area contributed by atoms with E-state index in [9.17, 15) is 13.2 Å². The highest BCUT2D eigenvalue weighted by Gasteiger charge is 2.09. The highest BCUT2D eigenvalue weighted by molar-refractivity contribution is 7.89. The Morgan fingerprint density at radius 3 is 2.67 bits per heavy atom. The van der Waals surface area contributed by atoms with Gasteiger partial charge in [0.1, 0.15) is 0 Å². The van der Waals surface area contributed by atoms with Crippen molar-refractivity contribution in [3.63, 3.8) is 0 Å². The minimum absolute atomic E-state index is 0.129. The molecule has 0 aliphatic carbocycles. The smallest absolute Gasteiger partial charge is 0.303 e. The van der Waals surface area contributed by atoms with Crippen molar-refractivity contribution in [3.05, 3.63) is 0 Å². The van der Waals surface area contributed by atoms with Crippen LogP contribution in [0.2, 0.25) is 0 Å². The van der Waals surface area contributed by atoms with E-state index in [1.165, 1.54) is 0 Å². The first-order valence-electron chi connectivity index (χ1n) is 4.56. The lowest BCUT2D eigenvalue weighted by atomic mass is 10.3. The molecular weight excluding hydrogens is 218 g/mol. The van der Waals surface area contributed by atoms with Gasteiger partial charge in [-0.15, -0.1) is 11.8 Å². The molecule has 0 aliphatic rings. The molecule has 0 aromatic rings. The van der Waals surface area contributed by atoms with Crippen LogP contribution in [0.15, 0.2) is 0 Å². The van der Waals surface area contributed by atoms with Crippen molar-refractivity contribution >= 4 is 16.0 Å². The van der Waals surface area contributed by atoms with Crippen LogP contribution in [0.25, 0.3) is 0 Å². The third kappa shape index (κ3) is 9.25. The van der Waals surface area contributed by atoms with E-state index in [0.717, 1.165) is 0 Å². The van der Waals surface area contributed by atoms with Crippen molar-refractivity contribution in [2.75, 3.05) is 12.3 Å². The van der Waals surface area contributed by atoms with Gasteiger partial charge in [-0.05, 0) is 13.3 Å². The van der Waals surface area contributed by atoms with Crippen LogP contribution in [-0.2, 0) is 14.8 Å². The summed E-state index contributed by atoms with van der Waals surface area (Å²) in [5, 5.41) is 8.32. The lowest BCUT2D eigenvalue weighted by molar-refractivity contribution is -0.137. The Hall–Kier alpha value is -1.06. The summed E-state index contributed by atoms with van der Waals surface area (Å²) in [7, 11) is -3.34.